The molecule has 0 saturated heterocycles. The lowest BCUT2D eigenvalue weighted by molar-refractivity contribution is -0.121. The molecule has 4 aromatic rings. The van der Waals surface area contributed by atoms with Gasteiger partial charge in [0.2, 0.25) is 5.91 Å². The van der Waals surface area contributed by atoms with Crippen LogP contribution in [0.25, 0.3) is 11.0 Å². The summed E-state index contributed by atoms with van der Waals surface area (Å²) < 4.78 is 2.09. The summed E-state index contributed by atoms with van der Waals surface area (Å²) in [6.45, 7) is 1.11. The fraction of sp³-hybridized carbons (Fsp3) is 0.182. The number of para-hydroxylation sites is 2. The summed E-state index contributed by atoms with van der Waals surface area (Å²) in [6.07, 6.45) is 4.41. The Morgan fingerprint density at radius 2 is 1.82 bits per heavy atom. The van der Waals surface area contributed by atoms with E-state index >= 15 is 0 Å². The van der Waals surface area contributed by atoms with Crippen LogP contribution in [0.5, 0.6) is 0 Å². The number of hydrogen-bond donors (Lipinski definition) is 2. The second-order valence-corrected chi connectivity index (χ2v) is 7.25. The summed E-state index contributed by atoms with van der Waals surface area (Å²) >= 11 is 6.02. The smallest absolute Gasteiger partial charge is 0.221 e. The molecule has 0 saturated carbocycles. The van der Waals surface area contributed by atoms with Gasteiger partial charge in [-0.2, -0.15) is 0 Å². The van der Waals surface area contributed by atoms with E-state index in [1.54, 1.807) is 0 Å². The quantitative estimate of drug-likeness (QED) is 0.486. The molecule has 2 aromatic heterocycles. The molecule has 1 amide bonds. The molecule has 0 fully saturated rings. The highest BCUT2D eigenvalue weighted by Gasteiger charge is 2.17. The van der Waals surface area contributed by atoms with Crippen LogP contribution >= 0.6 is 11.6 Å². The summed E-state index contributed by atoms with van der Waals surface area (Å²) in [5.74, 6) is 0.802. The molecule has 5 nitrogen and oxygen atoms in total. The van der Waals surface area contributed by atoms with Crippen molar-refractivity contribution in [3.63, 3.8) is 0 Å². The van der Waals surface area contributed by atoms with Crippen molar-refractivity contribution in [1.29, 1.82) is 0 Å². The van der Waals surface area contributed by atoms with E-state index in [-0.39, 0.29) is 11.8 Å². The molecular weight excluding hydrogens is 372 g/mol. The molecule has 0 bridgehead atoms. The zero-order valence-corrected chi connectivity index (χ0v) is 16.1. The number of amides is 1. The van der Waals surface area contributed by atoms with E-state index in [2.05, 4.69) is 19.9 Å². The molecule has 0 unspecified atom stereocenters. The Balaban J connectivity index is 1.43. The normalized spacial score (nSPS) is 12.2. The van der Waals surface area contributed by atoms with Crippen LogP contribution in [0.1, 0.15) is 23.7 Å². The third-order valence-corrected chi connectivity index (χ3v) is 5.01. The van der Waals surface area contributed by atoms with Gasteiger partial charge in [0, 0.05) is 36.3 Å². The van der Waals surface area contributed by atoms with E-state index in [0.29, 0.717) is 18.0 Å². The van der Waals surface area contributed by atoms with Crippen LogP contribution in [0.3, 0.4) is 0 Å². The average molecular weight is 393 g/mol. The van der Waals surface area contributed by atoms with E-state index in [0.717, 1.165) is 29.0 Å². The molecule has 2 heterocycles. The molecular formula is C22H21ClN4O. The van der Waals surface area contributed by atoms with Gasteiger partial charge >= 0.3 is 0 Å². The molecule has 0 radical (unpaired) electrons. The zero-order valence-electron chi connectivity index (χ0n) is 15.3. The van der Waals surface area contributed by atoms with Gasteiger partial charge in [0.25, 0.3) is 0 Å². The minimum atomic E-state index is -0.00689. The second-order valence-electron chi connectivity index (χ2n) is 6.81. The number of aromatic nitrogens is 3. The topological polar surface area (TPSA) is 62.7 Å². The van der Waals surface area contributed by atoms with Crippen LogP contribution in [0.2, 0.25) is 5.02 Å². The minimum Gasteiger partial charge on any atom is -0.354 e. The van der Waals surface area contributed by atoms with Crippen molar-refractivity contribution in [2.75, 3.05) is 0 Å². The van der Waals surface area contributed by atoms with Gasteiger partial charge < -0.3 is 14.9 Å². The Bertz CT molecular complexity index is 1020. The number of imidazole rings is 1. The number of H-pyrrole nitrogens is 1. The van der Waals surface area contributed by atoms with E-state index in [1.165, 1.54) is 0 Å². The first-order valence-corrected chi connectivity index (χ1v) is 9.62. The van der Waals surface area contributed by atoms with Gasteiger partial charge in [-0.1, -0.05) is 35.9 Å². The van der Waals surface area contributed by atoms with E-state index < -0.39 is 0 Å². The van der Waals surface area contributed by atoms with Crippen molar-refractivity contribution in [3.05, 3.63) is 89.5 Å². The summed E-state index contributed by atoms with van der Waals surface area (Å²) in [5, 5.41) is 3.68. The number of carbonyl (C=O) groups excluding carboxylic acids is 1. The summed E-state index contributed by atoms with van der Waals surface area (Å²) in [6, 6.07) is 19.5. The monoisotopic (exact) mass is 392 g/mol. The second kappa shape index (κ2) is 8.31. The molecule has 2 aromatic carbocycles. The lowest BCUT2D eigenvalue weighted by Gasteiger charge is -2.18. The van der Waals surface area contributed by atoms with Crippen molar-refractivity contribution < 1.29 is 4.79 Å². The fourth-order valence-corrected chi connectivity index (χ4v) is 3.46. The maximum atomic E-state index is 12.6. The summed E-state index contributed by atoms with van der Waals surface area (Å²) in [5.41, 5.74) is 2.97. The van der Waals surface area contributed by atoms with Gasteiger partial charge in [-0.15, -0.1) is 0 Å². The summed E-state index contributed by atoms with van der Waals surface area (Å²) in [4.78, 5) is 20.4. The minimum absolute atomic E-state index is 0.00689. The highest BCUT2D eigenvalue weighted by Crippen LogP contribution is 2.24. The van der Waals surface area contributed by atoms with Crippen molar-refractivity contribution in [1.82, 2.24) is 19.9 Å². The number of aromatic amines is 1. The Morgan fingerprint density at radius 3 is 2.57 bits per heavy atom. The summed E-state index contributed by atoms with van der Waals surface area (Å²) in [7, 11) is 0. The Hall–Kier alpha value is -3.05. The third kappa shape index (κ3) is 4.43. The Kier molecular flexibility index (Phi) is 5.44. The number of hydrogen-bond acceptors (Lipinski definition) is 2. The SMILES string of the molecule is O=C(C[C@H](Cn1cccc1)c1ccc(Cl)cc1)NCc1nc2ccccc2[nH]1. The van der Waals surface area contributed by atoms with Crippen LogP contribution < -0.4 is 5.32 Å². The highest BCUT2D eigenvalue weighted by molar-refractivity contribution is 6.30. The lowest BCUT2D eigenvalue weighted by atomic mass is 9.95. The first-order chi connectivity index (χ1) is 13.7. The first kappa shape index (κ1) is 18.3. The number of fused-ring (bicyclic) bond motifs is 1. The van der Waals surface area contributed by atoms with Crippen molar-refractivity contribution >= 4 is 28.5 Å². The molecule has 142 valence electrons. The van der Waals surface area contributed by atoms with Crippen LogP contribution in [0.15, 0.2) is 73.1 Å². The van der Waals surface area contributed by atoms with Gasteiger partial charge in [-0.05, 0) is 42.0 Å². The lowest BCUT2D eigenvalue weighted by Crippen LogP contribution is -2.26. The van der Waals surface area contributed by atoms with E-state index in [9.17, 15) is 4.79 Å². The molecule has 1 atom stereocenters. The van der Waals surface area contributed by atoms with Crippen molar-refractivity contribution in [2.24, 2.45) is 0 Å². The standard InChI is InChI=1S/C22H21ClN4O/c23-18-9-7-16(8-10-18)17(15-27-11-3-4-12-27)13-22(28)24-14-21-25-19-5-1-2-6-20(19)26-21/h1-12,17H,13-15H2,(H,24,28)(H,25,26)/t17-/m1/s1. The van der Waals surface area contributed by atoms with Gasteiger partial charge in [-0.3, -0.25) is 4.79 Å². The number of halogens is 1. The Labute approximate surface area is 168 Å². The van der Waals surface area contributed by atoms with E-state index in [1.807, 2.05) is 73.1 Å². The van der Waals surface area contributed by atoms with Gasteiger partial charge in [0.15, 0.2) is 0 Å². The average Bonchev–Trinajstić information content (AvgIpc) is 3.35. The third-order valence-electron chi connectivity index (χ3n) is 4.76. The number of carbonyl (C=O) groups is 1. The highest BCUT2D eigenvalue weighted by atomic mass is 35.5. The van der Waals surface area contributed by atoms with Gasteiger partial charge in [-0.25, -0.2) is 4.98 Å². The predicted octanol–water partition coefficient (Wildman–Crippen LogP) is 4.51. The fourth-order valence-electron chi connectivity index (χ4n) is 3.34. The Morgan fingerprint density at radius 1 is 1.07 bits per heavy atom. The molecule has 2 N–H and O–H groups in total. The molecule has 0 aliphatic heterocycles. The van der Waals surface area contributed by atoms with Crippen LogP contribution in [-0.4, -0.2) is 20.4 Å². The molecule has 0 aliphatic rings. The van der Waals surface area contributed by atoms with Gasteiger partial charge in [0.1, 0.15) is 5.82 Å². The first-order valence-electron chi connectivity index (χ1n) is 9.24. The zero-order chi connectivity index (χ0) is 19.3. The van der Waals surface area contributed by atoms with E-state index in [4.69, 9.17) is 11.6 Å². The number of benzene rings is 2. The molecule has 4 rings (SSSR count). The van der Waals surface area contributed by atoms with Crippen LogP contribution in [0, 0.1) is 0 Å². The largest absolute Gasteiger partial charge is 0.354 e. The van der Waals surface area contributed by atoms with Gasteiger partial charge in [0.05, 0.1) is 17.6 Å². The predicted molar refractivity (Wildman–Crippen MR) is 111 cm³/mol. The molecule has 28 heavy (non-hydrogen) atoms. The maximum Gasteiger partial charge on any atom is 0.221 e. The number of rotatable bonds is 7. The molecule has 6 heteroatoms. The van der Waals surface area contributed by atoms with Crippen LogP contribution in [0.4, 0.5) is 0 Å². The maximum absolute atomic E-state index is 12.6. The number of nitrogens with zero attached hydrogens (tertiary/aromatic N) is 2. The molecule has 0 spiro atoms. The van der Waals surface area contributed by atoms with Crippen molar-refractivity contribution in [2.45, 2.75) is 25.4 Å². The van der Waals surface area contributed by atoms with Crippen LogP contribution in [-0.2, 0) is 17.9 Å². The number of nitrogens with one attached hydrogen (secondary N) is 2. The van der Waals surface area contributed by atoms with Crippen molar-refractivity contribution in [3.8, 4) is 0 Å². The molecule has 0 aliphatic carbocycles.